The summed E-state index contributed by atoms with van der Waals surface area (Å²) in [6.07, 6.45) is 5.65. The van der Waals surface area contributed by atoms with E-state index in [0.29, 0.717) is 0 Å². The van der Waals surface area contributed by atoms with Crippen LogP contribution < -0.4 is 10.6 Å². The van der Waals surface area contributed by atoms with Crippen LogP contribution in [0.3, 0.4) is 0 Å². The van der Waals surface area contributed by atoms with Crippen LogP contribution in [-0.4, -0.2) is 36.5 Å². The molecule has 0 saturated heterocycles. The SMILES string of the molecule is CCc1cnc(CCNC(=NC)NCc2ccccc2CN(C)Cc2ccco2)s1.I. The van der Waals surface area contributed by atoms with Gasteiger partial charge in [-0.25, -0.2) is 4.98 Å². The average Bonchev–Trinajstić information content (AvgIpc) is 3.43. The second kappa shape index (κ2) is 13.5. The Labute approximate surface area is 206 Å². The van der Waals surface area contributed by atoms with E-state index in [4.69, 9.17) is 4.42 Å². The maximum atomic E-state index is 5.46. The molecule has 2 heterocycles. The molecule has 0 saturated carbocycles. The summed E-state index contributed by atoms with van der Waals surface area (Å²) in [5, 5.41) is 7.99. The lowest BCUT2D eigenvalue weighted by Crippen LogP contribution is -2.38. The first-order valence-corrected chi connectivity index (χ1v) is 11.2. The van der Waals surface area contributed by atoms with Crippen LogP contribution in [0.25, 0.3) is 0 Å². The summed E-state index contributed by atoms with van der Waals surface area (Å²) in [5.41, 5.74) is 2.56. The van der Waals surface area contributed by atoms with Crippen molar-refractivity contribution in [2.45, 2.75) is 39.4 Å². The summed E-state index contributed by atoms with van der Waals surface area (Å²) in [4.78, 5) is 12.4. The van der Waals surface area contributed by atoms with Crippen molar-refractivity contribution in [3.63, 3.8) is 0 Å². The topological polar surface area (TPSA) is 65.7 Å². The minimum Gasteiger partial charge on any atom is -0.468 e. The highest BCUT2D eigenvalue weighted by molar-refractivity contribution is 14.0. The molecule has 0 bridgehead atoms. The third-order valence-electron chi connectivity index (χ3n) is 4.82. The Morgan fingerprint density at radius 3 is 2.61 bits per heavy atom. The Hall–Kier alpha value is -1.91. The normalized spacial score (nSPS) is 11.4. The van der Waals surface area contributed by atoms with Gasteiger partial charge in [-0.3, -0.25) is 9.89 Å². The molecule has 0 spiro atoms. The first-order valence-electron chi connectivity index (χ1n) is 10.3. The number of aromatic nitrogens is 1. The van der Waals surface area contributed by atoms with Gasteiger partial charge in [0.2, 0.25) is 0 Å². The second-order valence-electron chi connectivity index (χ2n) is 7.20. The zero-order valence-electron chi connectivity index (χ0n) is 18.4. The molecule has 2 N–H and O–H groups in total. The van der Waals surface area contributed by atoms with E-state index in [2.05, 4.69) is 63.7 Å². The molecular formula is C23H32IN5OS. The minimum absolute atomic E-state index is 0. The quantitative estimate of drug-likeness (QED) is 0.221. The van der Waals surface area contributed by atoms with Gasteiger partial charge in [0.05, 0.1) is 17.8 Å². The Balaban J connectivity index is 0.00000341. The van der Waals surface area contributed by atoms with E-state index in [-0.39, 0.29) is 24.0 Å². The smallest absolute Gasteiger partial charge is 0.191 e. The number of benzene rings is 1. The van der Waals surface area contributed by atoms with E-state index in [1.807, 2.05) is 18.3 Å². The highest BCUT2D eigenvalue weighted by Crippen LogP contribution is 2.14. The standard InChI is InChI=1S/C23H31N5OS.HI/c1-4-21-15-26-22(30-21)11-12-25-23(24-2)27-14-18-8-5-6-9-19(18)16-28(3)17-20-10-7-13-29-20;/h5-10,13,15H,4,11-12,14,16-17H2,1-3H3,(H2,24,25,27);1H. The highest BCUT2D eigenvalue weighted by atomic mass is 127. The van der Waals surface area contributed by atoms with Crippen LogP contribution in [0, 0.1) is 0 Å². The molecule has 3 aromatic rings. The molecule has 0 amide bonds. The van der Waals surface area contributed by atoms with Crippen molar-refractivity contribution in [3.8, 4) is 0 Å². The van der Waals surface area contributed by atoms with Crippen molar-refractivity contribution in [2.24, 2.45) is 4.99 Å². The van der Waals surface area contributed by atoms with Crippen LogP contribution in [0.4, 0.5) is 0 Å². The minimum atomic E-state index is 0. The van der Waals surface area contributed by atoms with E-state index in [9.17, 15) is 0 Å². The van der Waals surface area contributed by atoms with Gasteiger partial charge < -0.3 is 15.1 Å². The molecular weight excluding hydrogens is 521 g/mol. The molecule has 3 rings (SSSR count). The van der Waals surface area contributed by atoms with Gasteiger partial charge in [-0.2, -0.15) is 0 Å². The summed E-state index contributed by atoms with van der Waals surface area (Å²) in [6, 6.07) is 12.4. The monoisotopic (exact) mass is 553 g/mol. The van der Waals surface area contributed by atoms with Crippen LogP contribution in [0.5, 0.6) is 0 Å². The lowest BCUT2D eigenvalue weighted by molar-refractivity contribution is 0.287. The fraction of sp³-hybridized carbons (Fsp3) is 0.391. The number of nitrogens with one attached hydrogen (secondary N) is 2. The van der Waals surface area contributed by atoms with Gasteiger partial charge >= 0.3 is 0 Å². The number of rotatable bonds is 10. The fourth-order valence-electron chi connectivity index (χ4n) is 3.21. The summed E-state index contributed by atoms with van der Waals surface area (Å²) < 4.78 is 5.46. The number of hydrogen-bond acceptors (Lipinski definition) is 5. The van der Waals surface area contributed by atoms with Gasteiger partial charge in [0.1, 0.15) is 5.76 Å². The maximum Gasteiger partial charge on any atom is 0.191 e. The van der Waals surface area contributed by atoms with Gasteiger partial charge in [0.25, 0.3) is 0 Å². The largest absolute Gasteiger partial charge is 0.468 e. The number of nitrogens with zero attached hydrogens (tertiary/aromatic N) is 3. The Morgan fingerprint density at radius 1 is 1.13 bits per heavy atom. The van der Waals surface area contributed by atoms with E-state index < -0.39 is 0 Å². The molecule has 0 fully saturated rings. The van der Waals surface area contributed by atoms with Gasteiger partial charge in [0.15, 0.2) is 5.96 Å². The molecule has 0 aliphatic rings. The molecule has 0 aliphatic carbocycles. The van der Waals surface area contributed by atoms with Crippen LogP contribution in [0.1, 0.15) is 33.7 Å². The second-order valence-corrected chi connectivity index (χ2v) is 8.40. The molecule has 31 heavy (non-hydrogen) atoms. The van der Waals surface area contributed by atoms with E-state index in [1.54, 1.807) is 24.6 Å². The molecule has 2 aromatic heterocycles. The predicted octanol–water partition coefficient (Wildman–Crippen LogP) is 4.46. The predicted molar refractivity (Wildman–Crippen MR) is 139 cm³/mol. The lowest BCUT2D eigenvalue weighted by Gasteiger charge is -2.19. The van der Waals surface area contributed by atoms with Crippen molar-refractivity contribution >= 4 is 41.3 Å². The van der Waals surface area contributed by atoms with Gasteiger partial charge in [0, 0.05) is 44.2 Å². The summed E-state index contributed by atoms with van der Waals surface area (Å²) in [5.74, 6) is 1.78. The van der Waals surface area contributed by atoms with Gasteiger partial charge in [-0.1, -0.05) is 31.2 Å². The molecule has 0 unspecified atom stereocenters. The number of halogens is 1. The maximum absolute atomic E-state index is 5.46. The third kappa shape index (κ3) is 8.27. The van der Waals surface area contributed by atoms with E-state index in [0.717, 1.165) is 50.7 Å². The molecule has 0 radical (unpaired) electrons. The number of aliphatic imine (C=N–C) groups is 1. The molecule has 0 atom stereocenters. The zero-order chi connectivity index (χ0) is 21.2. The first-order chi connectivity index (χ1) is 14.7. The number of guanidine groups is 1. The van der Waals surface area contributed by atoms with Crippen molar-refractivity contribution in [2.75, 3.05) is 20.6 Å². The third-order valence-corrected chi connectivity index (χ3v) is 6.02. The fourth-order valence-corrected chi connectivity index (χ4v) is 4.08. The zero-order valence-corrected chi connectivity index (χ0v) is 21.6. The Bertz CT molecular complexity index is 926. The van der Waals surface area contributed by atoms with E-state index in [1.165, 1.54) is 21.0 Å². The van der Waals surface area contributed by atoms with E-state index >= 15 is 0 Å². The van der Waals surface area contributed by atoms with Crippen molar-refractivity contribution in [1.82, 2.24) is 20.5 Å². The van der Waals surface area contributed by atoms with Crippen LogP contribution in [0.2, 0.25) is 0 Å². The summed E-state index contributed by atoms with van der Waals surface area (Å²) >= 11 is 1.79. The number of hydrogen-bond donors (Lipinski definition) is 2. The molecule has 6 nitrogen and oxygen atoms in total. The van der Waals surface area contributed by atoms with Gasteiger partial charge in [-0.15, -0.1) is 35.3 Å². The van der Waals surface area contributed by atoms with Gasteiger partial charge in [-0.05, 0) is 36.7 Å². The summed E-state index contributed by atoms with van der Waals surface area (Å²) in [6.45, 7) is 5.34. The lowest BCUT2D eigenvalue weighted by atomic mass is 10.1. The first kappa shape index (κ1) is 25.4. The summed E-state index contributed by atoms with van der Waals surface area (Å²) in [7, 11) is 3.91. The highest BCUT2D eigenvalue weighted by Gasteiger charge is 2.08. The molecule has 8 heteroatoms. The number of aryl methyl sites for hydroxylation is 1. The molecule has 168 valence electrons. The molecule has 1 aromatic carbocycles. The average molecular weight is 554 g/mol. The van der Waals surface area contributed by atoms with Crippen molar-refractivity contribution < 1.29 is 4.42 Å². The number of thiazole rings is 1. The van der Waals surface area contributed by atoms with Crippen molar-refractivity contribution in [3.05, 3.63) is 75.6 Å². The Morgan fingerprint density at radius 2 is 1.94 bits per heavy atom. The van der Waals surface area contributed by atoms with Crippen molar-refractivity contribution in [1.29, 1.82) is 0 Å². The van der Waals surface area contributed by atoms with Crippen LogP contribution in [-0.2, 0) is 32.5 Å². The van der Waals surface area contributed by atoms with Crippen LogP contribution in [0.15, 0.2) is 58.3 Å². The molecule has 0 aliphatic heterocycles. The Kier molecular flexibility index (Phi) is 11.0. The van der Waals surface area contributed by atoms with Crippen LogP contribution >= 0.6 is 35.3 Å². The number of furan rings is 1.